The summed E-state index contributed by atoms with van der Waals surface area (Å²) in [6, 6.07) is 4.75. The van der Waals surface area contributed by atoms with E-state index in [1.54, 1.807) is 6.20 Å². The van der Waals surface area contributed by atoms with E-state index >= 15 is 0 Å². The number of hydrogen-bond donors (Lipinski definition) is 2. The lowest BCUT2D eigenvalue weighted by atomic mass is 9.91. The van der Waals surface area contributed by atoms with Crippen LogP contribution >= 0.6 is 0 Å². The maximum absolute atomic E-state index is 12.7. The molecule has 132 valence electrons. The Morgan fingerprint density at radius 3 is 2.92 bits per heavy atom. The zero-order valence-corrected chi connectivity index (χ0v) is 15.0. The third-order valence-corrected chi connectivity index (χ3v) is 4.96. The van der Waals surface area contributed by atoms with Crippen LogP contribution < -0.4 is 15.4 Å². The number of carbonyl (C=O) groups is 1. The first-order valence-electron chi connectivity index (χ1n) is 9.08. The number of amides is 1. The van der Waals surface area contributed by atoms with Crippen molar-refractivity contribution in [2.24, 2.45) is 5.41 Å². The van der Waals surface area contributed by atoms with Gasteiger partial charge in [0.15, 0.2) is 0 Å². The molecule has 2 fully saturated rings. The summed E-state index contributed by atoms with van der Waals surface area (Å²) in [5.41, 5.74) is 0.604. The predicted octanol–water partition coefficient (Wildman–Crippen LogP) is 2.62. The number of carbonyl (C=O) groups excluding carboxylic acids is 1. The second kappa shape index (κ2) is 7.09. The summed E-state index contributed by atoms with van der Waals surface area (Å²) in [6.07, 6.45) is 6.14. The second-order valence-corrected chi connectivity index (χ2v) is 7.89. The molecule has 0 spiro atoms. The number of pyridine rings is 1. The lowest BCUT2D eigenvalue weighted by Crippen LogP contribution is -2.50. The standard InChI is InChI=1S/C19H29N3O2/c1-13-11-15(8-10-20-13)22-18(23)19(2,3)12-24-17-16(14-6-7-14)5-4-9-21-17/h4-5,9,13-15,20H,6-8,10-12H2,1-3H3,(H,22,23)/t13-,15-/m1/s1. The summed E-state index contributed by atoms with van der Waals surface area (Å²) in [7, 11) is 0. The van der Waals surface area contributed by atoms with Gasteiger partial charge < -0.3 is 15.4 Å². The van der Waals surface area contributed by atoms with Gasteiger partial charge in [0.1, 0.15) is 6.61 Å². The van der Waals surface area contributed by atoms with E-state index in [0.717, 1.165) is 19.4 Å². The van der Waals surface area contributed by atoms with Crippen molar-refractivity contribution >= 4 is 5.91 Å². The van der Waals surface area contributed by atoms with Crippen LogP contribution in [0.25, 0.3) is 0 Å². The molecule has 2 aliphatic rings. The van der Waals surface area contributed by atoms with E-state index in [4.69, 9.17) is 4.74 Å². The minimum atomic E-state index is -0.577. The quantitative estimate of drug-likeness (QED) is 0.841. The molecule has 1 aliphatic carbocycles. The molecule has 2 heterocycles. The molecule has 3 rings (SSSR count). The number of aromatic nitrogens is 1. The summed E-state index contributed by atoms with van der Waals surface area (Å²) in [4.78, 5) is 17.0. The summed E-state index contributed by atoms with van der Waals surface area (Å²) in [6.45, 7) is 7.34. The first kappa shape index (κ1) is 17.2. The zero-order chi connectivity index (χ0) is 17.2. The van der Waals surface area contributed by atoms with Gasteiger partial charge in [-0.25, -0.2) is 4.98 Å². The second-order valence-electron chi connectivity index (χ2n) is 7.89. The zero-order valence-electron chi connectivity index (χ0n) is 15.0. The fraction of sp³-hybridized carbons (Fsp3) is 0.684. The van der Waals surface area contributed by atoms with Gasteiger partial charge in [-0.15, -0.1) is 0 Å². The summed E-state index contributed by atoms with van der Waals surface area (Å²) in [5, 5.41) is 6.61. The molecule has 0 radical (unpaired) electrons. The maximum atomic E-state index is 12.7. The normalized spacial score (nSPS) is 24.5. The van der Waals surface area contributed by atoms with E-state index in [-0.39, 0.29) is 11.9 Å². The molecule has 1 saturated heterocycles. The third kappa shape index (κ3) is 4.26. The first-order valence-corrected chi connectivity index (χ1v) is 9.08. The average Bonchev–Trinajstić information content (AvgIpc) is 3.38. The minimum absolute atomic E-state index is 0.0607. The van der Waals surface area contributed by atoms with Gasteiger partial charge >= 0.3 is 0 Å². The fourth-order valence-corrected chi connectivity index (χ4v) is 3.19. The molecule has 1 aromatic rings. The van der Waals surface area contributed by atoms with Crippen LogP contribution in [0, 0.1) is 5.41 Å². The average molecular weight is 331 g/mol. The van der Waals surface area contributed by atoms with E-state index in [0.29, 0.717) is 24.4 Å². The number of ether oxygens (including phenoxy) is 1. The Bertz CT molecular complexity index is 584. The molecule has 0 aromatic carbocycles. The smallest absolute Gasteiger partial charge is 0.229 e. The van der Waals surface area contributed by atoms with Gasteiger partial charge in [-0.2, -0.15) is 0 Å². The SMILES string of the molecule is C[C@@H]1C[C@H](NC(=O)C(C)(C)COc2ncccc2C2CC2)CCN1. The highest BCUT2D eigenvalue weighted by Crippen LogP contribution is 2.43. The Kier molecular flexibility index (Phi) is 5.09. The van der Waals surface area contributed by atoms with Crippen LogP contribution in [0.1, 0.15) is 57.9 Å². The van der Waals surface area contributed by atoms with E-state index < -0.39 is 5.41 Å². The fourth-order valence-electron chi connectivity index (χ4n) is 3.19. The van der Waals surface area contributed by atoms with Gasteiger partial charge in [-0.05, 0) is 65.0 Å². The van der Waals surface area contributed by atoms with Crippen molar-refractivity contribution in [1.29, 1.82) is 0 Å². The van der Waals surface area contributed by atoms with Crippen molar-refractivity contribution in [3.63, 3.8) is 0 Å². The summed E-state index contributed by atoms with van der Waals surface area (Å²) < 4.78 is 5.95. The van der Waals surface area contributed by atoms with Crippen LogP contribution in [0.15, 0.2) is 18.3 Å². The Morgan fingerprint density at radius 1 is 1.42 bits per heavy atom. The monoisotopic (exact) mass is 331 g/mol. The van der Waals surface area contributed by atoms with Gasteiger partial charge in [-0.1, -0.05) is 6.07 Å². The molecule has 0 bridgehead atoms. The Hall–Kier alpha value is -1.62. The van der Waals surface area contributed by atoms with Crippen molar-refractivity contribution in [1.82, 2.24) is 15.6 Å². The molecule has 0 unspecified atom stereocenters. The lowest BCUT2D eigenvalue weighted by Gasteiger charge is -2.32. The summed E-state index contributed by atoms with van der Waals surface area (Å²) in [5.74, 6) is 1.34. The van der Waals surface area contributed by atoms with E-state index in [9.17, 15) is 4.79 Å². The van der Waals surface area contributed by atoms with Gasteiger partial charge in [0, 0.05) is 23.8 Å². The van der Waals surface area contributed by atoms with Crippen LogP contribution in [0.5, 0.6) is 5.88 Å². The molecule has 2 N–H and O–H groups in total. The molecule has 1 saturated carbocycles. The molecule has 24 heavy (non-hydrogen) atoms. The third-order valence-electron chi connectivity index (χ3n) is 4.96. The van der Waals surface area contributed by atoms with Crippen LogP contribution in [-0.4, -0.2) is 36.1 Å². The lowest BCUT2D eigenvalue weighted by molar-refractivity contribution is -0.131. The molecule has 5 nitrogen and oxygen atoms in total. The van der Waals surface area contributed by atoms with Gasteiger partial charge in [-0.3, -0.25) is 4.79 Å². The number of hydrogen-bond acceptors (Lipinski definition) is 4. The van der Waals surface area contributed by atoms with Crippen LogP contribution in [0.4, 0.5) is 0 Å². The minimum Gasteiger partial charge on any atom is -0.476 e. The Morgan fingerprint density at radius 2 is 2.21 bits per heavy atom. The Labute approximate surface area is 144 Å². The molecule has 2 atom stereocenters. The highest BCUT2D eigenvalue weighted by molar-refractivity contribution is 5.82. The van der Waals surface area contributed by atoms with Crippen LogP contribution in [0.2, 0.25) is 0 Å². The molecular formula is C19H29N3O2. The maximum Gasteiger partial charge on any atom is 0.229 e. The Balaban J connectivity index is 1.56. The van der Waals surface area contributed by atoms with Gasteiger partial charge in [0.25, 0.3) is 0 Å². The number of nitrogens with one attached hydrogen (secondary N) is 2. The van der Waals surface area contributed by atoms with Gasteiger partial charge in [0.2, 0.25) is 11.8 Å². The van der Waals surface area contributed by atoms with Gasteiger partial charge in [0.05, 0.1) is 5.41 Å². The van der Waals surface area contributed by atoms with Crippen molar-refractivity contribution in [3.05, 3.63) is 23.9 Å². The van der Waals surface area contributed by atoms with Crippen molar-refractivity contribution in [3.8, 4) is 5.88 Å². The molecule has 5 heteroatoms. The highest BCUT2D eigenvalue weighted by Gasteiger charge is 2.33. The van der Waals surface area contributed by atoms with Crippen molar-refractivity contribution in [2.45, 2.75) is 64.5 Å². The van der Waals surface area contributed by atoms with Crippen molar-refractivity contribution < 1.29 is 9.53 Å². The van der Waals surface area contributed by atoms with E-state index in [1.165, 1.54) is 18.4 Å². The molecule has 1 aliphatic heterocycles. The number of nitrogens with zero attached hydrogens (tertiary/aromatic N) is 1. The molecule has 1 amide bonds. The predicted molar refractivity (Wildman–Crippen MR) is 94.1 cm³/mol. The largest absolute Gasteiger partial charge is 0.476 e. The van der Waals surface area contributed by atoms with E-state index in [1.807, 2.05) is 19.9 Å². The summed E-state index contributed by atoms with van der Waals surface area (Å²) >= 11 is 0. The number of rotatable bonds is 6. The topological polar surface area (TPSA) is 63.2 Å². The van der Waals surface area contributed by atoms with Crippen LogP contribution in [-0.2, 0) is 4.79 Å². The van der Waals surface area contributed by atoms with Crippen LogP contribution in [0.3, 0.4) is 0 Å². The van der Waals surface area contributed by atoms with E-state index in [2.05, 4.69) is 28.6 Å². The molecule has 1 aromatic heterocycles. The van der Waals surface area contributed by atoms with Crippen molar-refractivity contribution in [2.75, 3.05) is 13.2 Å². The number of piperidine rings is 1. The highest BCUT2D eigenvalue weighted by atomic mass is 16.5. The molecular weight excluding hydrogens is 302 g/mol. The first-order chi connectivity index (χ1) is 11.5.